The van der Waals surface area contributed by atoms with Gasteiger partial charge in [-0.05, 0) is 121 Å². The van der Waals surface area contributed by atoms with Crippen molar-refractivity contribution in [2.45, 2.75) is 92.5 Å². The third-order valence-electron chi connectivity index (χ3n) is 7.79. The van der Waals surface area contributed by atoms with Crippen LogP contribution in [0.25, 0.3) is 16.6 Å². The molecule has 0 aliphatic heterocycles. The second-order valence-electron chi connectivity index (χ2n) is 16.3. The van der Waals surface area contributed by atoms with Crippen LogP contribution in [0.15, 0.2) is 59.3 Å². The van der Waals surface area contributed by atoms with Gasteiger partial charge in [0, 0.05) is 11.5 Å². The van der Waals surface area contributed by atoms with Gasteiger partial charge in [0.15, 0.2) is 17.5 Å². The molecule has 2 aromatic carbocycles. The van der Waals surface area contributed by atoms with Crippen LogP contribution in [0.3, 0.4) is 0 Å². The first kappa shape index (κ1) is 45.1. The number of imide groups is 1. The number of aromatic nitrogens is 4. The lowest BCUT2D eigenvalue weighted by Gasteiger charge is -2.29. The molecule has 320 valence electrons. The lowest BCUT2D eigenvalue weighted by atomic mass is 10.1. The first-order chi connectivity index (χ1) is 27.7. The van der Waals surface area contributed by atoms with Gasteiger partial charge in [-0.2, -0.15) is 10.00 Å². The maximum Gasteiger partial charge on any atom is 0.425 e. The van der Waals surface area contributed by atoms with Gasteiger partial charge in [-0.25, -0.2) is 46.2 Å². The summed E-state index contributed by atoms with van der Waals surface area (Å²) in [5, 5.41) is 4.57. The predicted octanol–water partition coefficient (Wildman–Crippen LogP) is 10.7. The number of hydrogen-bond donors (Lipinski definition) is 0. The van der Waals surface area contributed by atoms with E-state index in [2.05, 4.69) is 26.0 Å². The lowest BCUT2D eigenvalue weighted by molar-refractivity contribution is 0.0425. The fourth-order valence-corrected chi connectivity index (χ4v) is 5.97. The number of carbonyl (C=O) groups is 4. The van der Waals surface area contributed by atoms with E-state index in [0.717, 1.165) is 39.8 Å². The summed E-state index contributed by atoms with van der Waals surface area (Å²) in [6.45, 7) is 14.7. The molecule has 0 saturated heterocycles. The second-order valence-corrected chi connectivity index (χ2v) is 17.1. The summed E-state index contributed by atoms with van der Waals surface area (Å²) in [5.74, 6) is -4.47. The number of rotatable bonds is 9. The molecule has 0 saturated carbocycles. The molecule has 0 fully saturated rings. The van der Waals surface area contributed by atoms with Crippen LogP contribution in [0, 0.1) is 18.6 Å². The number of pyridine rings is 1. The number of ketones is 1. The van der Waals surface area contributed by atoms with Crippen molar-refractivity contribution in [1.82, 2.24) is 19.3 Å². The Bertz CT molecular complexity index is 2430. The average Bonchev–Trinajstić information content (AvgIpc) is 3.68. The van der Waals surface area contributed by atoms with E-state index in [1.165, 1.54) is 31.2 Å². The molecule has 0 spiro atoms. The van der Waals surface area contributed by atoms with Gasteiger partial charge < -0.3 is 23.7 Å². The van der Waals surface area contributed by atoms with E-state index < -0.39 is 82.7 Å². The molecular formula is C41H42BrF4N5O9. The summed E-state index contributed by atoms with van der Waals surface area (Å²) in [4.78, 5) is 61.9. The van der Waals surface area contributed by atoms with Crippen molar-refractivity contribution < 1.29 is 60.4 Å². The summed E-state index contributed by atoms with van der Waals surface area (Å²) in [5.41, 5.74) is -3.85. The standard InChI is InChI=1S/C41H42BrF4N5O9/c1-21-14-32(57-34-25(43)12-11-13-26(34)44)47-19-29(21)51-35(50(37(54)59-40(5,6)7)38(55)60-41(8,9)10)23(18-48-51)33(52)28-15-22-16-30(56-20-31(45)46)24(42)17-27(22)49(28)36(53)58-39(2,3)4/h11-19,31H,20H2,1-10H3. The Labute approximate surface area is 350 Å². The van der Waals surface area contributed by atoms with Crippen LogP contribution in [0.1, 0.15) is 83.9 Å². The number of anilines is 1. The maximum atomic E-state index is 15.0. The van der Waals surface area contributed by atoms with E-state index in [1.54, 1.807) is 62.3 Å². The van der Waals surface area contributed by atoms with Gasteiger partial charge in [0.2, 0.25) is 17.4 Å². The van der Waals surface area contributed by atoms with E-state index in [-0.39, 0.29) is 43.9 Å². The van der Waals surface area contributed by atoms with E-state index in [1.807, 2.05) is 0 Å². The lowest BCUT2D eigenvalue weighted by Crippen LogP contribution is -2.45. The third-order valence-corrected chi connectivity index (χ3v) is 8.41. The zero-order valence-corrected chi connectivity index (χ0v) is 35.9. The number of alkyl halides is 2. The molecule has 2 amide bonds. The molecule has 3 heterocycles. The van der Waals surface area contributed by atoms with Crippen molar-refractivity contribution in [2.24, 2.45) is 0 Å². The number of halogens is 5. The molecule has 0 aliphatic carbocycles. The molecule has 19 heteroatoms. The highest BCUT2D eigenvalue weighted by atomic mass is 79.9. The molecule has 14 nitrogen and oxygen atoms in total. The zero-order valence-electron chi connectivity index (χ0n) is 34.3. The van der Waals surface area contributed by atoms with Crippen LogP contribution in [0.4, 0.5) is 37.8 Å². The zero-order chi connectivity index (χ0) is 44.6. The van der Waals surface area contributed by atoms with Crippen LogP contribution >= 0.6 is 15.9 Å². The van der Waals surface area contributed by atoms with Gasteiger partial charge in [-0.3, -0.25) is 4.79 Å². The molecule has 0 bridgehead atoms. The first-order valence-electron chi connectivity index (χ1n) is 18.2. The van der Waals surface area contributed by atoms with Crippen LogP contribution in [0.2, 0.25) is 0 Å². The van der Waals surface area contributed by atoms with Gasteiger partial charge in [0.1, 0.15) is 34.9 Å². The summed E-state index contributed by atoms with van der Waals surface area (Å²) in [6, 6.07) is 8.44. The number of carbonyl (C=O) groups excluding carboxylic acids is 4. The number of amides is 2. The third kappa shape index (κ3) is 10.4. The van der Waals surface area contributed by atoms with Crippen LogP contribution in [0.5, 0.6) is 17.4 Å². The quantitative estimate of drug-likeness (QED) is 0.0789. The van der Waals surface area contributed by atoms with Crippen molar-refractivity contribution in [2.75, 3.05) is 11.5 Å². The number of para-hydroxylation sites is 1. The summed E-state index contributed by atoms with van der Waals surface area (Å²) < 4.78 is 84.9. The normalized spacial score (nSPS) is 12.1. The highest BCUT2D eigenvalue weighted by molar-refractivity contribution is 9.10. The van der Waals surface area contributed by atoms with E-state index in [4.69, 9.17) is 23.7 Å². The van der Waals surface area contributed by atoms with E-state index in [9.17, 15) is 31.9 Å². The smallest absolute Gasteiger partial charge is 0.425 e. The first-order valence-corrected chi connectivity index (χ1v) is 19.0. The largest absolute Gasteiger partial charge is 0.486 e. The average molecular weight is 905 g/mol. The Morgan fingerprint density at radius 3 is 1.95 bits per heavy atom. The summed E-state index contributed by atoms with van der Waals surface area (Å²) in [6.07, 6.45) is -4.20. The Balaban J connectivity index is 1.78. The summed E-state index contributed by atoms with van der Waals surface area (Å²) in [7, 11) is 0. The number of ether oxygens (including phenoxy) is 5. The van der Waals surface area contributed by atoms with Crippen molar-refractivity contribution in [3.8, 4) is 23.1 Å². The highest BCUT2D eigenvalue weighted by Gasteiger charge is 2.40. The minimum Gasteiger partial charge on any atom is -0.486 e. The minimum atomic E-state index is -2.80. The topological polar surface area (TPSA) is 153 Å². The van der Waals surface area contributed by atoms with Crippen molar-refractivity contribution in [3.63, 3.8) is 0 Å². The Morgan fingerprint density at radius 1 is 0.833 bits per heavy atom. The molecule has 0 atom stereocenters. The molecular weight excluding hydrogens is 862 g/mol. The van der Waals surface area contributed by atoms with E-state index in [0.29, 0.717) is 4.90 Å². The van der Waals surface area contributed by atoms with Crippen LogP contribution < -0.4 is 14.4 Å². The highest BCUT2D eigenvalue weighted by Crippen LogP contribution is 2.37. The summed E-state index contributed by atoms with van der Waals surface area (Å²) >= 11 is 3.29. The van der Waals surface area contributed by atoms with Gasteiger partial charge in [0.25, 0.3) is 6.43 Å². The fraction of sp³-hybridized carbons (Fsp3) is 0.366. The Hall–Kier alpha value is -5.98. The van der Waals surface area contributed by atoms with Crippen molar-refractivity contribution >= 4 is 56.7 Å². The van der Waals surface area contributed by atoms with Gasteiger partial charge in [-0.15, -0.1) is 0 Å². The molecule has 0 radical (unpaired) electrons. The molecule has 5 rings (SSSR count). The van der Waals surface area contributed by atoms with Crippen molar-refractivity contribution in [1.29, 1.82) is 0 Å². The monoisotopic (exact) mass is 903 g/mol. The molecule has 0 unspecified atom stereocenters. The molecule has 0 N–H and O–H groups in total. The van der Waals surface area contributed by atoms with Crippen LogP contribution in [-0.2, 0) is 14.2 Å². The number of hydrogen-bond acceptors (Lipinski definition) is 11. The maximum absolute atomic E-state index is 15.0. The van der Waals surface area contributed by atoms with Gasteiger partial charge in [-0.1, -0.05) is 6.07 Å². The van der Waals surface area contributed by atoms with E-state index >= 15 is 4.79 Å². The molecule has 60 heavy (non-hydrogen) atoms. The predicted molar refractivity (Wildman–Crippen MR) is 214 cm³/mol. The number of fused-ring (bicyclic) bond motifs is 1. The number of aryl methyl sites for hydroxylation is 1. The molecule has 3 aromatic heterocycles. The minimum absolute atomic E-state index is 0.0224. The number of benzene rings is 2. The molecule has 0 aliphatic rings. The fourth-order valence-electron chi connectivity index (χ4n) is 5.52. The van der Waals surface area contributed by atoms with Gasteiger partial charge >= 0.3 is 18.3 Å². The molecule has 5 aromatic rings. The Morgan fingerprint density at radius 2 is 1.42 bits per heavy atom. The SMILES string of the molecule is Cc1cc(Oc2c(F)cccc2F)ncc1-n1ncc(C(=O)c2cc3cc(OCC(F)F)c(Br)cc3n2C(=O)OC(C)(C)C)c1N(C(=O)OC(C)(C)C)C(=O)OC(C)(C)C. The van der Waals surface area contributed by atoms with Gasteiger partial charge in [0.05, 0.1) is 33.6 Å². The van der Waals surface area contributed by atoms with Crippen molar-refractivity contribution in [3.05, 3.63) is 87.8 Å². The second kappa shape index (κ2) is 16.9. The number of nitrogens with zero attached hydrogens (tertiary/aromatic N) is 5. The Kier molecular flexibility index (Phi) is 12.7. The van der Waals surface area contributed by atoms with Crippen LogP contribution in [-0.4, -0.2) is 73.2 Å².